The van der Waals surface area contributed by atoms with Crippen molar-refractivity contribution in [2.45, 2.75) is 6.54 Å². The molecule has 0 aromatic heterocycles. The van der Waals surface area contributed by atoms with E-state index in [0.717, 1.165) is 26.2 Å². The van der Waals surface area contributed by atoms with E-state index in [0.29, 0.717) is 36.2 Å². The molecular formula is C18H27ClFN5O2. The van der Waals surface area contributed by atoms with Gasteiger partial charge in [0.25, 0.3) is 0 Å². The van der Waals surface area contributed by atoms with Crippen molar-refractivity contribution in [3.05, 3.63) is 34.6 Å². The second-order valence-electron chi connectivity index (χ2n) is 6.21. The Kier molecular flexibility index (Phi) is 8.77. The van der Waals surface area contributed by atoms with Crippen molar-refractivity contribution in [3.8, 4) is 0 Å². The van der Waals surface area contributed by atoms with E-state index in [-0.39, 0.29) is 18.3 Å². The smallest absolute Gasteiger partial charge is 0.239 e. The Bertz CT molecular complexity index is 630. The van der Waals surface area contributed by atoms with Crippen LogP contribution < -0.4 is 10.6 Å². The summed E-state index contributed by atoms with van der Waals surface area (Å²) in [7, 11) is 3.28. The minimum atomic E-state index is -0.276. The number of carbonyl (C=O) groups excluding carboxylic acids is 1. The predicted octanol–water partition coefficient (Wildman–Crippen LogP) is 0.935. The van der Waals surface area contributed by atoms with E-state index in [1.807, 2.05) is 0 Å². The third kappa shape index (κ3) is 6.64. The van der Waals surface area contributed by atoms with E-state index in [1.54, 1.807) is 26.3 Å². The molecule has 0 aliphatic carbocycles. The highest BCUT2D eigenvalue weighted by molar-refractivity contribution is 6.31. The predicted molar refractivity (Wildman–Crippen MR) is 105 cm³/mol. The van der Waals surface area contributed by atoms with E-state index in [2.05, 4.69) is 25.4 Å². The van der Waals surface area contributed by atoms with Crippen LogP contribution in [0.15, 0.2) is 23.2 Å². The number of nitrogens with zero attached hydrogens (tertiary/aromatic N) is 3. The van der Waals surface area contributed by atoms with Gasteiger partial charge in [0, 0.05) is 64.0 Å². The molecular weight excluding hydrogens is 373 g/mol. The number of guanidine groups is 1. The van der Waals surface area contributed by atoms with E-state index in [9.17, 15) is 9.18 Å². The molecule has 150 valence electrons. The summed E-state index contributed by atoms with van der Waals surface area (Å²) in [5.74, 6) is 0.295. The normalized spacial score (nSPS) is 15.7. The molecule has 0 radical (unpaired) electrons. The van der Waals surface area contributed by atoms with Crippen molar-refractivity contribution in [1.29, 1.82) is 0 Å². The Labute approximate surface area is 164 Å². The summed E-state index contributed by atoms with van der Waals surface area (Å²) in [4.78, 5) is 20.3. The first-order valence-corrected chi connectivity index (χ1v) is 9.29. The van der Waals surface area contributed by atoms with Crippen molar-refractivity contribution < 1.29 is 13.9 Å². The number of aliphatic imine (C=N–C) groups is 1. The van der Waals surface area contributed by atoms with Crippen LogP contribution in [-0.2, 0) is 16.1 Å². The summed E-state index contributed by atoms with van der Waals surface area (Å²) < 4.78 is 18.9. The molecule has 27 heavy (non-hydrogen) atoms. The van der Waals surface area contributed by atoms with E-state index in [4.69, 9.17) is 16.3 Å². The lowest BCUT2D eigenvalue weighted by atomic mass is 10.2. The number of rotatable bonds is 7. The van der Waals surface area contributed by atoms with E-state index >= 15 is 0 Å². The van der Waals surface area contributed by atoms with Crippen molar-refractivity contribution in [2.75, 3.05) is 60.0 Å². The third-order valence-corrected chi connectivity index (χ3v) is 4.72. The fourth-order valence-corrected chi connectivity index (χ4v) is 3.09. The third-order valence-electron chi connectivity index (χ3n) is 4.36. The number of halogens is 2. The molecule has 0 saturated carbocycles. The Morgan fingerprint density at radius 1 is 1.30 bits per heavy atom. The number of amides is 1. The van der Waals surface area contributed by atoms with Crippen LogP contribution in [0.3, 0.4) is 0 Å². The quantitative estimate of drug-likeness (QED) is 0.405. The Hall–Kier alpha value is -1.90. The fraction of sp³-hybridized carbons (Fsp3) is 0.556. The van der Waals surface area contributed by atoms with Gasteiger partial charge in [0.15, 0.2) is 5.96 Å². The van der Waals surface area contributed by atoms with Crippen LogP contribution in [0.25, 0.3) is 0 Å². The molecule has 1 amide bonds. The molecule has 1 heterocycles. The first-order chi connectivity index (χ1) is 13.0. The van der Waals surface area contributed by atoms with Crippen LogP contribution in [-0.4, -0.2) is 81.7 Å². The number of hydrogen-bond donors (Lipinski definition) is 2. The minimum Gasteiger partial charge on any atom is -0.383 e. The van der Waals surface area contributed by atoms with Gasteiger partial charge < -0.3 is 20.3 Å². The number of benzene rings is 1. The molecule has 0 spiro atoms. The van der Waals surface area contributed by atoms with Gasteiger partial charge in [0.05, 0.1) is 13.2 Å². The molecule has 1 fully saturated rings. The topological polar surface area (TPSA) is 69.2 Å². The van der Waals surface area contributed by atoms with Crippen LogP contribution in [0, 0.1) is 5.82 Å². The monoisotopic (exact) mass is 399 g/mol. The second kappa shape index (κ2) is 11.1. The summed E-state index contributed by atoms with van der Waals surface area (Å²) in [6.45, 7) is 4.57. The molecule has 0 atom stereocenters. The first kappa shape index (κ1) is 21.4. The van der Waals surface area contributed by atoms with Crippen LogP contribution in [0.4, 0.5) is 4.39 Å². The van der Waals surface area contributed by atoms with Gasteiger partial charge in [0.2, 0.25) is 5.91 Å². The summed E-state index contributed by atoms with van der Waals surface area (Å²) in [5.41, 5.74) is 0.530. The Morgan fingerprint density at radius 2 is 2.04 bits per heavy atom. The molecule has 9 heteroatoms. The first-order valence-electron chi connectivity index (χ1n) is 8.91. The van der Waals surface area contributed by atoms with Crippen molar-refractivity contribution in [2.24, 2.45) is 4.99 Å². The van der Waals surface area contributed by atoms with Gasteiger partial charge in [-0.25, -0.2) is 4.39 Å². The highest BCUT2D eigenvalue weighted by Gasteiger charge is 2.21. The molecule has 1 aromatic rings. The standard InChI is InChI=1S/C18H27ClFN5O2/c1-21-18(23-12-17(26)22-6-11-27-2)25-9-7-24(8-10-25)13-14-15(19)4-3-5-16(14)20/h3-5H,6-13H2,1-2H3,(H,21,23)(H,22,26). The zero-order valence-corrected chi connectivity index (χ0v) is 16.6. The Balaban J connectivity index is 1.78. The maximum absolute atomic E-state index is 14.0. The molecule has 2 N–H and O–H groups in total. The summed E-state index contributed by atoms with van der Waals surface area (Å²) in [5, 5.41) is 6.28. The number of piperazine rings is 1. The van der Waals surface area contributed by atoms with Gasteiger partial charge in [-0.3, -0.25) is 14.7 Å². The SMILES string of the molecule is CN=C(NCC(=O)NCCOC)N1CCN(Cc2c(F)cccc2Cl)CC1. The highest BCUT2D eigenvalue weighted by atomic mass is 35.5. The van der Waals surface area contributed by atoms with Crippen LogP contribution in [0.5, 0.6) is 0 Å². The number of hydrogen-bond acceptors (Lipinski definition) is 4. The highest BCUT2D eigenvalue weighted by Crippen LogP contribution is 2.21. The molecule has 2 rings (SSSR count). The number of ether oxygens (including phenoxy) is 1. The molecule has 0 unspecified atom stereocenters. The molecule has 1 aliphatic rings. The van der Waals surface area contributed by atoms with Gasteiger partial charge in [-0.15, -0.1) is 0 Å². The summed E-state index contributed by atoms with van der Waals surface area (Å²) in [6.07, 6.45) is 0. The fourth-order valence-electron chi connectivity index (χ4n) is 2.87. The maximum atomic E-state index is 14.0. The number of carbonyl (C=O) groups is 1. The average molecular weight is 400 g/mol. The summed E-state index contributed by atoms with van der Waals surface area (Å²) in [6, 6.07) is 4.75. The lowest BCUT2D eigenvalue weighted by Gasteiger charge is -2.36. The second-order valence-corrected chi connectivity index (χ2v) is 6.61. The number of methoxy groups -OCH3 is 1. The van der Waals surface area contributed by atoms with Crippen LogP contribution >= 0.6 is 11.6 Å². The lowest BCUT2D eigenvalue weighted by Crippen LogP contribution is -2.53. The van der Waals surface area contributed by atoms with Crippen molar-refractivity contribution in [1.82, 2.24) is 20.4 Å². The van der Waals surface area contributed by atoms with Crippen molar-refractivity contribution in [3.63, 3.8) is 0 Å². The Morgan fingerprint density at radius 3 is 2.67 bits per heavy atom. The summed E-state index contributed by atoms with van der Waals surface area (Å²) >= 11 is 6.11. The van der Waals surface area contributed by atoms with E-state index < -0.39 is 0 Å². The van der Waals surface area contributed by atoms with Gasteiger partial charge >= 0.3 is 0 Å². The van der Waals surface area contributed by atoms with Crippen LogP contribution in [0.1, 0.15) is 5.56 Å². The van der Waals surface area contributed by atoms with Crippen LogP contribution in [0.2, 0.25) is 5.02 Å². The molecule has 7 nitrogen and oxygen atoms in total. The molecule has 1 saturated heterocycles. The zero-order chi connectivity index (χ0) is 19.6. The maximum Gasteiger partial charge on any atom is 0.239 e. The van der Waals surface area contributed by atoms with Gasteiger partial charge in [-0.2, -0.15) is 0 Å². The van der Waals surface area contributed by atoms with Crippen molar-refractivity contribution >= 4 is 23.5 Å². The molecule has 1 aliphatic heterocycles. The zero-order valence-electron chi connectivity index (χ0n) is 15.8. The van der Waals surface area contributed by atoms with E-state index in [1.165, 1.54) is 6.07 Å². The largest absolute Gasteiger partial charge is 0.383 e. The van der Waals surface area contributed by atoms with Gasteiger partial charge in [0.1, 0.15) is 5.82 Å². The van der Waals surface area contributed by atoms with Gasteiger partial charge in [-0.1, -0.05) is 17.7 Å². The lowest BCUT2D eigenvalue weighted by molar-refractivity contribution is -0.120. The van der Waals surface area contributed by atoms with Gasteiger partial charge in [-0.05, 0) is 12.1 Å². The molecule has 1 aromatic carbocycles. The average Bonchev–Trinajstić information content (AvgIpc) is 2.66. The minimum absolute atomic E-state index is 0.110. The molecule has 0 bridgehead atoms. The number of nitrogens with one attached hydrogen (secondary N) is 2.